The SMILES string of the molecule is CN1CCSC2CNCC21. The number of hydrogen-bond donors (Lipinski definition) is 1. The van der Waals surface area contributed by atoms with Gasteiger partial charge in [-0.25, -0.2) is 0 Å². The highest BCUT2D eigenvalue weighted by Crippen LogP contribution is 2.25. The summed E-state index contributed by atoms with van der Waals surface area (Å²) in [5, 5.41) is 4.31. The van der Waals surface area contributed by atoms with Crippen molar-refractivity contribution in [3.05, 3.63) is 0 Å². The van der Waals surface area contributed by atoms with E-state index in [-0.39, 0.29) is 0 Å². The van der Waals surface area contributed by atoms with E-state index in [0.29, 0.717) is 0 Å². The monoisotopic (exact) mass is 158 g/mol. The van der Waals surface area contributed by atoms with E-state index in [2.05, 4.69) is 29.0 Å². The van der Waals surface area contributed by atoms with Crippen molar-refractivity contribution in [2.45, 2.75) is 11.3 Å². The van der Waals surface area contributed by atoms with Crippen LogP contribution in [-0.2, 0) is 0 Å². The van der Waals surface area contributed by atoms with E-state index in [0.717, 1.165) is 11.3 Å². The summed E-state index contributed by atoms with van der Waals surface area (Å²) in [6.45, 7) is 3.70. The predicted octanol–water partition coefficient (Wildman–Crippen LogP) is 0.00540. The Hall–Kier alpha value is 0.270. The van der Waals surface area contributed by atoms with Crippen LogP contribution in [0.2, 0.25) is 0 Å². The van der Waals surface area contributed by atoms with Crippen molar-refractivity contribution in [1.82, 2.24) is 10.2 Å². The van der Waals surface area contributed by atoms with E-state index in [1.807, 2.05) is 0 Å². The highest BCUT2D eigenvalue weighted by Gasteiger charge is 2.33. The molecule has 0 aliphatic carbocycles. The maximum absolute atomic E-state index is 3.43. The van der Waals surface area contributed by atoms with Crippen LogP contribution in [0.15, 0.2) is 0 Å². The minimum Gasteiger partial charge on any atom is -0.314 e. The number of thioether (sulfide) groups is 1. The van der Waals surface area contributed by atoms with Crippen LogP contribution in [0.25, 0.3) is 0 Å². The molecule has 2 unspecified atom stereocenters. The Labute approximate surface area is 66.4 Å². The number of rotatable bonds is 0. The first-order valence-corrected chi connectivity index (χ1v) is 4.95. The molecular formula is C7H14N2S. The van der Waals surface area contributed by atoms with E-state index in [1.165, 1.54) is 25.4 Å². The zero-order chi connectivity index (χ0) is 6.97. The van der Waals surface area contributed by atoms with Crippen molar-refractivity contribution in [3.63, 3.8) is 0 Å². The quantitative estimate of drug-likeness (QED) is 0.534. The molecular weight excluding hydrogens is 144 g/mol. The molecule has 0 aromatic rings. The van der Waals surface area contributed by atoms with Crippen molar-refractivity contribution in [3.8, 4) is 0 Å². The third kappa shape index (κ3) is 1.06. The smallest absolute Gasteiger partial charge is 0.0349 e. The molecule has 58 valence electrons. The average Bonchev–Trinajstić information content (AvgIpc) is 2.36. The van der Waals surface area contributed by atoms with Crippen LogP contribution in [0.1, 0.15) is 0 Å². The van der Waals surface area contributed by atoms with Crippen LogP contribution in [0, 0.1) is 0 Å². The van der Waals surface area contributed by atoms with Crippen LogP contribution in [-0.4, -0.2) is 48.6 Å². The van der Waals surface area contributed by atoms with E-state index >= 15 is 0 Å². The summed E-state index contributed by atoms with van der Waals surface area (Å²) in [7, 11) is 2.24. The molecule has 2 heterocycles. The molecule has 0 radical (unpaired) electrons. The van der Waals surface area contributed by atoms with E-state index in [9.17, 15) is 0 Å². The first kappa shape index (κ1) is 6.95. The topological polar surface area (TPSA) is 15.3 Å². The zero-order valence-electron chi connectivity index (χ0n) is 6.34. The molecule has 0 amide bonds. The summed E-state index contributed by atoms with van der Waals surface area (Å²) in [5.41, 5.74) is 0. The molecule has 0 bridgehead atoms. The summed E-state index contributed by atoms with van der Waals surface area (Å²) in [6.07, 6.45) is 0. The fraction of sp³-hybridized carbons (Fsp3) is 1.00. The maximum atomic E-state index is 3.43. The number of hydrogen-bond acceptors (Lipinski definition) is 3. The highest BCUT2D eigenvalue weighted by molar-refractivity contribution is 8.00. The standard InChI is InChI=1S/C7H14N2S/c1-9-2-3-10-7-5-8-4-6(7)9/h6-8H,2-5H2,1H3. The van der Waals surface area contributed by atoms with Gasteiger partial charge in [-0.1, -0.05) is 0 Å². The number of fused-ring (bicyclic) bond motifs is 1. The van der Waals surface area contributed by atoms with Gasteiger partial charge in [0, 0.05) is 36.7 Å². The van der Waals surface area contributed by atoms with E-state index in [1.54, 1.807) is 0 Å². The second-order valence-electron chi connectivity index (χ2n) is 3.12. The van der Waals surface area contributed by atoms with Gasteiger partial charge in [-0.05, 0) is 7.05 Å². The minimum atomic E-state index is 0.818. The molecule has 2 saturated heterocycles. The lowest BCUT2D eigenvalue weighted by molar-refractivity contribution is 0.268. The third-order valence-electron chi connectivity index (χ3n) is 2.47. The second-order valence-corrected chi connectivity index (χ2v) is 4.46. The summed E-state index contributed by atoms with van der Waals surface area (Å²) >= 11 is 2.13. The molecule has 3 heteroatoms. The summed E-state index contributed by atoms with van der Waals surface area (Å²) in [5.74, 6) is 1.32. The van der Waals surface area contributed by atoms with Gasteiger partial charge in [0.2, 0.25) is 0 Å². The number of likely N-dealkylation sites (N-methyl/N-ethyl adjacent to an activating group) is 1. The molecule has 0 saturated carbocycles. The minimum absolute atomic E-state index is 0.818. The van der Waals surface area contributed by atoms with Crippen molar-refractivity contribution in [2.24, 2.45) is 0 Å². The van der Waals surface area contributed by atoms with Gasteiger partial charge in [-0.15, -0.1) is 0 Å². The molecule has 2 aliphatic rings. The molecule has 1 N–H and O–H groups in total. The maximum Gasteiger partial charge on any atom is 0.0349 e. The number of nitrogens with zero attached hydrogens (tertiary/aromatic N) is 1. The van der Waals surface area contributed by atoms with Crippen molar-refractivity contribution >= 4 is 11.8 Å². The van der Waals surface area contributed by atoms with Crippen LogP contribution in [0.3, 0.4) is 0 Å². The Morgan fingerprint density at radius 3 is 3.20 bits per heavy atom. The Kier molecular flexibility index (Phi) is 1.89. The largest absolute Gasteiger partial charge is 0.314 e. The lowest BCUT2D eigenvalue weighted by Gasteiger charge is -2.33. The summed E-state index contributed by atoms with van der Waals surface area (Å²) < 4.78 is 0. The Morgan fingerprint density at radius 1 is 1.50 bits per heavy atom. The van der Waals surface area contributed by atoms with E-state index in [4.69, 9.17) is 0 Å². The lowest BCUT2D eigenvalue weighted by atomic mass is 10.2. The Balaban J connectivity index is 2.03. The fourth-order valence-electron chi connectivity index (χ4n) is 1.76. The summed E-state index contributed by atoms with van der Waals surface area (Å²) in [4.78, 5) is 2.49. The van der Waals surface area contributed by atoms with Crippen LogP contribution in [0.5, 0.6) is 0 Å². The molecule has 2 atom stereocenters. The predicted molar refractivity (Wildman–Crippen MR) is 45.5 cm³/mol. The van der Waals surface area contributed by atoms with Gasteiger partial charge in [0.25, 0.3) is 0 Å². The molecule has 10 heavy (non-hydrogen) atoms. The zero-order valence-corrected chi connectivity index (χ0v) is 7.16. The van der Waals surface area contributed by atoms with Gasteiger partial charge in [-0.2, -0.15) is 11.8 Å². The molecule has 2 aliphatic heterocycles. The molecule has 2 rings (SSSR count). The van der Waals surface area contributed by atoms with Gasteiger partial charge in [0.05, 0.1) is 0 Å². The van der Waals surface area contributed by atoms with E-state index < -0.39 is 0 Å². The molecule has 0 spiro atoms. The van der Waals surface area contributed by atoms with Crippen molar-refractivity contribution in [2.75, 3.05) is 32.4 Å². The second kappa shape index (κ2) is 2.72. The molecule has 0 aromatic heterocycles. The highest BCUT2D eigenvalue weighted by atomic mass is 32.2. The average molecular weight is 158 g/mol. The fourth-order valence-corrected chi connectivity index (χ4v) is 3.22. The van der Waals surface area contributed by atoms with Gasteiger partial charge in [0.1, 0.15) is 0 Å². The normalized spacial score (nSPS) is 41.7. The summed E-state index contributed by atoms with van der Waals surface area (Å²) in [6, 6.07) is 0.818. The van der Waals surface area contributed by atoms with Crippen LogP contribution >= 0.6 is 11.8 Å². The number of nitrogens with one attached hydrogen (secondary N) is 1. The van der Waals surface area contributed by atoms with Gasteiger partial charge >= 0.3 is 0 Å². The van der Waals surface area contributed by atoms with Crippen molar-refractivity contribution < 1.29 is 0 Å². The van der Waals surface area contributed by atoms with Gasteiger partial charge < -0.3 is 10.2 Å². The van der Waals surface area contributed by atoms with Crippen LogP contribution < -0.4 is 5.32 Å². The third-order valence-corrected chi connectivity index (χ3v) is 3.80. The lowest BCUT2D eigenvalue weighted by Crippen LogP contribution is -2.44. The molecule has 0 aromatic carbocycles. The Bertz CT molecular complexity index is 129. The van der Waals surface area contributed by atoms with Gasteiger partial charge in [0.15, 0.2) is 0 Å². The molecule has 2 nitrogen and oxygen atoms in total. The first-order valence-electron chi connectivity index (χ1n) is 3.90. The first-order chi connectivity index (χ1) is 4.88. The van der Waals surface area contributed by atoms with Crippen LogP contribution in [0.4, 0.5) is 0 Å². The molecule has 2 fully saturated rings. The van der Waals surface area contributed by atoms with Gasteiger partial charge in [-0.3, -0.25) is 0 Å². The van der Waals surface area contributed by atoms with Crippen molar-refractivity contribution in [1.29, 1.82) is 0 Å². The Morgan fingerprint density at radius 2 is 2.40 bits per heavy atom.